The van der Waals surface area contributed by atoms with E-state index >= 15 is 0 Å². The Balaban J connectivity index is 1.94. The molecule has 2 aliphatic rings. The summed E-state index contributed by atoms with van der Waals surface area (Å²) in [5.74, 6) is 0.670. The Morgan fingerprint density at radius 3 is 2.88 bits per heavy atom. The van der Waals surface area contributed by atoms with Crippen molar-refractivity contribution in [3.63, 3.8) is 0 Å². The first-order valence-corrected chi connectivity index (χ1v) is 6.23. The van der Waals surface area contributed by atoms with Crippen LogP contribution in [-0.4, -0.2) is 29.7 Å². The first kappa shape index (κ1) is 11.9. The van der Waals surface area contributed by atoms with Crippen LogP contribution in [0.1, 0.15) is 32.6 Å². The minimum Gasteiger partial charge on any atom is -0.325 e. The Hall–Kier alpha value is -1.58. The lowest BCUT2D eigenvalue weighted by Gasteiger charge is -2.26. The van der Waals surface area contributed by atoms with Crippen molar-refractivity contribution in [1.29, 1.82) is 0 Å². The van der Waals surface area contributed by atoms with E-state index in [0.29, 0.717) is 5.82 Å². The number of likely N-dealkylation sites (tertiary alicyclic amines) is 1. The molecule has 1 saturated heterocycles. The van der Waals surface area contributed by atoms with Crippen LogP contribution in [-0.2, 0) is 0 Å². The van der Waals surface area contributed by atoms with Crippen LogP contribution in [0.3, 0.4) is 0 Å². The second-order valence-corrected chi connectivity index (χ2v) is 4.46. The summed E-state index contributed by atoms with van der Waals surface area (Å²) in [4.78, 5) is 18.2. The number of rotatable bonds is 1. The Morgan fingerprint density at radius 2 is 2.12 bits per heavy atom. The quantitative estimate of drug-likeness (QED) is 0.742. The Kier molecular flexibility index (Phi) is 3.96. The van der Waals surface area contributed by atoms with Crippen LogP contribution in [0, 0.1) is 0 Å². The van der Waals surface area contributed by atoms with Gasteiger partial charge in [-0.1, -0.05) is 6.08 Å². The van der Waals surface area contributed by atoms with Gasteiger partial charge in [-0.3, -0.25) is 5.32 Å². The Labute approximate surface area is 102 Å². The molecule has 2 heterocycles. The molecule has 92 valence electrons. The summed E-state index contributed by atoms with van der Waals surface area (Å²) in [5.41, 5.74) is 0.924. The van der Waals surface area contributed by atoms with Crippen molar-refractivity contribution < 1.29 is 4.79 Å². The van der Waals surface area contributed by atoms with Crippen LogP contribution in [0.25, 0.3) is 0 Å². The van der Waals surface area contributed by atoms with Crippen molar-refractivity contribution in [3.8, 4) is 0 Å². The van der Waals surface area contributed by atoms with E-state index in [1.165, 1.54) is 6.42 Å². The minimum absolute atomic E-state index is 0.0191. The van der Waals surface area contributed by atoms with Crippen LogP contribution in [0.5, 0.6) is 0 Å². The van der Waals surface area contributed by atoms with E-state index in [-0.39, 0.29) is 6.03 Å². The number of nitrogens with zero attached hydrogens (tertiary/aromatic N) is 2. The van der Waals surface area contributed by atoms with Gasteiger partial charge in [0.1, 0.15) is 5.82 Å². The molecule has 2 aliphatic heterocycles. The molecule has 1 N–H and O–H groups in total. The molecule has 0 saturated carbocycles. The molecular weight excluding hydrogens is 214 g/mol. The molecule has 1 fully saturated rings. The van der Waals surface area contributed by atoms with Crippen molar-refractivity contribution in [1.82, 2.24) is 10.2 Å². The van der Waals surface area contributed by atoms with Gasteiger partial charge in [-0.15, -0.1) is 0 Å². The molecule has 2 rings (SSSR count). The van der Waals surface area contributed by atoms with Crippen LogP contribution < -0.4 is 5.32 Å². The average molecular weight is 233 g/mol. The fraction of sp³-hybridized carbons (Fsp3) is 0.538. The average Bonchev–Trinajstić information content (AvgIpc) is 2.55. The van der Waals surface area contributed by atoms with Crippen molar-refractivity contribution in [2.75, 3.05) is 13.1 Å². The van der Waals surface area contributed by atoms with Gasteiger partial charge in [0.05, 0.1) is 0 Å². The number of urea groups is 1. The zero-order valence-corrected chi connectivity index (χ0v) is 10.3. The maximum absolute atomic E-state index is 12.0. The summed E-state index contributed by atoms with van der Waals surface area (Å²) in [7, 11) is 0. The SMILES string of the molecule is CC1=NC(NC(=O)N2CCCCC2)=CCC=C1. The molecule has 0 aromatic heterocycles. The lowest BCUT2D eigenvalue weighted by molar-refractivity contribution is 0.189. The minimum atomic E-state index is -0.0191. The highest BCUT2D eigenvalue weighted by Gasteiger charge is 2.16. The molecule has 4 heteroatoms. The van der Waals surface area contributed by atoms with Gasteiger partial charge >= 0.3 is 6.03 Å². The zero-order chi connectivity index (χ0) is 12.1. The number of piperidine rings is 1. The van der Waals surface area contributed by atoms with Crippen molar-refractivity contribution >= 4 is 11.7 Å². The molecule has 0 aromatic rings. The summed E-state index contributed by atoms with van der Waals surface area (Å²) in [6, 6.07) is -0.0191. The van der Waals surface area contributed by atoms with Gasteiger partial charge in [0.15, 0.2) is 0 Å². The highest BCUT2D eigenvalue weighted by Crippen LogP contribution is 2.10. The number of hydrogen-bond acceptors (Lipinski definition) is 2. The van der Waals surface area contributed by atoms with Gasteiger partial charge < -0.3 is 4.90 Å². The Morgan fingerprint density at radius 1 is 1.35 bits per heavy atom. The second-order valence-electron chi connectivity index (χ2n) is 4.46. The third-order valence-electron chi connectivity index (χ3n) is 2.98. The molecule has 17 heavy (non-hydrogen) atoms. The molecule has 0 unspecified atom stereocenters. The number of amides is 2. The van der Waals surface area contributed by atoms with Gasteiger partial charge in [0, 0.05) is 18.8 Å². The highest BCUT2D eigenvalue weighted by molar-refractivity contribution is 5.94. The fourth-order valence-corrected chi connectivity index (χ4v) is 2.06. The second kappa shape index (κ2) is 5.66. The van der Waals surface area contributed by atoms with E-state index in [0.717, 1.165) is 38.1 Å². The summed E-state index contributed by atoms with van der Waals surface area (Å²) in [6.45, 7) is 3.66. The topological polar surface area (TPSA) is 44.7 Å². The van der Waals surface area contributed by atoms with Crippen LogP contribution >= 0.6 is 0 Å². The Bertz CT molecular complexity index is 376. The van der Waals surface area contributed by atoms with Gasteiger partial charge in [-0.25, -0.2) is 9.79 Å². The number of hydrogen-bond donors (Lipinski definition) is 1. The van der Waals surface area contributed by atoms with E-state index < -0.39 is 0 Å². The fourth-order valence-electron chi connectivity index (χ4n) is 2.06. The monoisotopic (exact) mass is 233 g/mol. The molecule has 0 radical (unpaired) electrons. The van der Waals surface area contributed by atoms with Crippen LogP contribution in [0.2, 0.25) is 0 Å². The predicted octanol–water partition coefficient (Wildman–Crippen LogP) is 2.44. The lowest BCUT2D eigenvalue weighted by atomic mass is 10.1. The van der Waals surface area contributed by atoms with Crippen molar-refractivity contribution in [3.05, 3.63) is 24.0 Å². The maximum Gasteiger partial charge on any atom is 0.322 e. The molecule has 4 nitrogen and oxygen atoms in total. The van der Waals surface area contributed by atoms with Crippen LogP contribution in [0.15, 0.2) is 29.0 Å². The number of allylic oxidation sites excluding steroid dienone is 3. The van der Waals surface area contributed by atoms with E-state index in [4.69, 9.17) is 0 Å². The van der Waals surface area contributed by atoms with E-state index in [1.54, 1.807) is 0 Å². The van der Waals surface area contributed by atoms with Gasteiger partial charge in [0.25, 0.3) is 0 Å². The van der Waals surface area contributed by atoms with Crippen molar-refractivity contribution in [2.24, 2.45) is 4.99 Å². The third-order valence-corrected chi connectivity index (χ3v) is 2.98. The first-order valence-electron chi connectivity index (χ1n) is 6.23. The van der Waals surface area contributed by atoms with Crippen LogP contribution in [0.4, 0.5) is 4.79 Å². The predicted molar refractivity (Wildman–Crippen MR) is 68.9 cm³/mol. The molecule has 0 atom stereocenters. The first-order chi connectivity index (χ1) is 8.25. The molecule has 0 aliphatic carbocycles. The summed E-state index contributed by atoms with van der Waals surface area (Å²) < 4.78 is 0. The zero-order valence-electron chi connectivity index (χ0n) is 10.3. The molecule has 0 spiro atoms. The standard InChI is InChI=1S/C13H19N3O/c1-11-7-3-4-8-12(14-11)15-13(17)16-9-5-2-6-10-16/h3,7-8H,2,4-6,9-10H2,1H3,(H,15,17). The summed E-state index contributed by atoms with van der Waals surface area (Å²) >= 11 is 0. The lowest BCUT2D eigenvalue weighted by Crippen LogP contribution is -2.42. The summed E-state index contributed by atoms with van der Waals surface area (Å²) in [6.07, 6.45) is 10.2. The van der Waals surface area contributed by atoms with Crippen molar-refractivity contribution in [2.45, 2.75) is 32.6 Å². The number of nitrogens with one attached hydrogen (secondary N) is 1. The largest absolute Gasteiger partial charge is 0.325 e. The van der Waals surface area contributed by atoms with E-state index in [1.807, 2.05) is 30.1 Å². The van der Waals surface area contributed by atoms with Gasteiger partial charge in [-0.2, -0.15) is 0 Å². The summed E-state index contributed by atoms with van der Waals surface area (Å²) in [5, 5.41) is 2.88. The smallest absolute Gasteiger partial charge is 0.322 e. The number of aliphatic imine (C=N–C) groups is 1. The van der Waals surface area contributed by atoms with Gasteiger partial charge in [-0.05, 0) is 44.8 Å². The molecule has 2 amide bonds. The number of carbonyl (C=O) groups is 1. The number of carbonyl (C=O) groups excluding carboxylic acids is 1. The molecular formula is C13H19N3O. The molecule has 0 aromatic carbocycles. The third kappa shape index (κ3) is 3.44. The maximum atomic E-state index is 12.0. The molecule has 0 bridgehead atoms. The van der Waals surface area contributed by atoms with Gasteiger partial charge in [0.2, 0.25) is 0 Å². The highest BCUT2D eigenvalue weighted by atomic mass is 16.2. The van der Waals surface area contributed by atoms with E-state index in [2.05, 4.69) is 10.3 Å². The van der Waals surface area contributed by atoms with E-state index in [9.17, 15) is 4.79 Å². The normalized spacial score (nSPS) is 20.4.